The molecule has 7 aromatic rings. The second-order valence-corrected chi connectivity index (χ2v) is 12.0. The van der Waals surface area contributed by atoms with Gasteiger partial charge in [0.2, 0.25) is 0 Å². The molecule has 0 fully saturated rings. The third-order valence-electron chi connectivity index (χ3n) is 8.75. The molecule has 0 radical (unpaired) electrons. The van der Waals surface area contributed by atoms with Gasteiger partial charge in [0, 0.05) is 16.5 Å². The smallest absolute Gasteiger partial charge is 0.0541 e. The lowest BCUT2D eigenvalue weighted by Crippen LogP contribution is -2.17. The molecule has 6 aromatic carbocycles. The molecule has 1 heterocycles. The number of benzene rings is 6. The third-order valence-corrected chi connectivity index (χ3v) is 8.75. The van der Waals surface area contributed by atoms with Gasteiger partial charge in [-0.2, -0.15) is 0 Å². The van der Waals surface area contributed by atoms with Gasteiger partial charge in [0.1, 0.15) is 0 Å². The molecule has 41 heavy (non-hydrogen) atoms. The van der Waals surface area contributed by atoms with Crippen LogP contribution in [0, 0.1) is 5.41 Å². The van der Waals surface area contributed by atoms with Crippen molar-refractivity contribution in [1.82, 2.24) is 4.57 Å². The van der Waals surface area contributed by atoms with Gasteiger partial charge in [-0.15, -0.1) is 0 Å². The Kier molecular flexibility index (Phi) is 5.30. The van der Waals surface area contributed by atoms with Crippen LogP contribution in [0.5, 0.6) is 0 Å². The summed E-state index contributed by atoms with van der Waals surface area (Å²) >= 11 is 0. The first-order valence-corrected chi connectivity index (χ1v) is 14.5. The summed E-state index contributed by atoms with van der Waals surface area (Å²) in [5, 5.41) is 5.21. The Balaban J connectivity index is 1.38. The van der Waals surface area contributed by atoms with Crippen LogP contribution < -0.4 is 0 Å². The molecule has 0 saturated carbocycles. The minimum absolute atomic E-state index is 0.0983. The van der Waals surface area contributed by atoms with Crippen molar-refractivity contribution >= 4 is 38.7 Å². The summed E-state index contributed by atoms with van der Waals surface area (Å²) in [5.41, 5.74) is 11.8. The predicted molar refractivity (Wildman–Crippen MR) is 176 cm³/mol. The second-order valence-electron chi connectivity index (χ2n) is 12.0. The van der Waals surface area contributed by atoms with Gasteiger partial charge in [-0.3, -0.25) is 0 Å². The first-order valence-electron chi connectivity index (χ1n) is 14.5. The van der Waals surface area contributed by atoms with Gasteiger partial charge in [-0.25, -0.2) is 0 Å². The van der Waals surface area contributed by atoms with Gasteiger partial charge >= 0.3 is 0 Å². The van der Waals surface area contributed by atoms with Gasteiger partial charge < -0.3 is 4.57 Å². The monoisotopic (exact) mass is 525 g/mol. The van der Waals surface area contributed by atoms with Crippen molar-refractivity contribution in [2.75, 3.05) is 0 Å². The maximum atomic E-state index is 2.40. The molecule has 0 bridgehead atoms. The Morgan fingerprint density at radius 1 is 0.512 bits per heavy atom. The van der Waals surface area contributed by atoms with Crippen LogP contribution in [-0.2, 0) is 6.42 Å². The Hall–Kier alpha value is -4.88. The summed E-state index contributed by atoms with van der Waals surface area (Å²) in [4.78, 5) is 0. The van der Waals surface area contributed by atoms with Gasteiger partial charge in [0.25, 0.3) is 0 Å². The maximum Gasteiger partial charge on any atom is 0.0541 e. The normalized spacial score (nSPS) is 14.1. The van der Waals surface area contributed by atoms with Crippen molar-refractivity contribution in [1.29, 1.82) is 0 Å². The number of fused-ring (bicyclic) bond motifs is 5. The number of nitrogens with zero attached hydrogens (tertiary/aromatic N) is 1. The average Bonchev–Trinajstić information content (AvgIpc) is 3.34. The molecule has 0 amide bonds. The van der Waals surface area contributed by atoms with Gasteiger partial charge in [-0.05, 0) is 80.3 Å². The highest BCUT2D eigenvalue weighted by Gasteiger charge is 2.28. The minimum Gasteiger partial charge on any atom is -0.309 e. The molecule has 0 N–H and O–H groups in total. The summed E-state index contributed by atoms with van der Waals surface area (Å²) in [7, 11) is 0. The van der Waals surface area contributed by atoms with E-state index in [-0.39, 0.29) is 5.41 Å². The van der Waals surface area contributed by atoms with Crippen molar-refractivity contribution in [3.8, 4) is 27.9 Å². The van der Waals surface area contributed by atoms with Crippen LogP contribution in [0.2, 0.25) is 0 Å². The summed E-state index contributed by atoms with van der Waals surface area (Å²) in [6.07, 6.45) is 5.78. The summed E-state index contributed by atoms with van der Waals surface area (Å²) in [6.45, 7) is 4.69. The highest BCUT2D eigenvalue weighted by atomic mass is 15.0. The van der Waals surface area contributed by atoms with Crippen LogP contribution >= 0.6 is 0 Å². The standard InChI is InChI=1S/C40H31N/c1-40(2)25-24-34-35(26-40)39(33-17-7-6-16-32(33)38(34)27-12-4-3-5-13-27)28-20-22-29(23-21-28)41-36-18-10-8-14-30(36)31-15-9-11-19-37(31)41/h3-25H,26H2,1-2H3. The molecule has 196 valence electrons. The molecule has 0 unspecified atom stereocenters. The fourth-order valence-electron chi connectivity index (χ4n) is 6.93. The lowest BCUT2D eigenvalue weighted by atomic mass is 9.73. The van der Waals surface area contributed by atoms with E-state index in [2.05, 4.69) is 158 Å². The van der Waals surface area contributed by atoms with Crippen molar-refractivity contribution < 1.29 is 0 Å². The molecule has 0 saturated heterocycles. The molecule has 0 aliphatic heterocycles. The van der Waals surface area contributed by atoms with Crippen molar-refractivity contribution in [2.24, 2.45) is 5.41 Å². The van der Waals surface area contributed by atoms with E-state index in [0.29, 0.717) is 0 Å². The number of aromatic nitrogens is 1. The number of para-hydroxylation sites is 2. The van der Waals surface area contributed by atoms with Crippen LogP contribution in [0.4, 0.5) is 0 Å². The molecule has 1 aliphatic rings. The third kappa shape index (κ3) is 3.77. The quantitative estimate of drug-likeness (QED) is 0.216. The summed E-state index contributed by atoms with van der Waals surface area (Å²) in [6, 6.07) is 46.5. The van der Waals surface area contributed by atoms with Gasteiger partial charge in [0.15, 0.2) is 0 Å². The zero-order chi connectivity index (χ0) is 27.6. The molecule has 1 nitrogen and oxygen atoms in total. The zero-order valence-electron chi connectivity index (χ0n) is 23.4. The topological polar surface area (TPSA) is 4.93 Å². The molecular formula is C40H31N. The molecule has 1 heteroatoms. The number of rotatable bonds is 3. The van der Waals surface area contributed by atoms with E-state index in [0.717, 1.165) is 6.42 Å². The molecule has 1 aliphatic carbocycles. The van der Waals surface area contributed by atoms with Crippen LogP contribution in [-0.4, -0.2) is 4.57 Å². The minimum atomic E-state index is 0.0983. The van der Waals surface area contributed by atoms with Gasteiger partial charge in [-0.1, -0.05) is 129 Å². The van der Waals surface area contributed by atoms with Crippen molar-refractivity contribution in [3.63, 3.8) is 0 Å². The predicted octanol–water partition coefficient (Wildman–Crippen LogP) is 10.9. The van der Waals surface area contributed by atoms with Crippen LogP contribution in [0.25, 0.3) is 66.6 Å². The molecule has 0 spiro atoms. The highest BCUT2D eigenvalue weighted by molar-refractivity contribution is 6.11. The number of hydrogen-bond donors (Lipinski definition) is 0. The molecule has 1 aromatic heterocycles. The largest absolute Gasteiger partial charge is 0.309 e. The van der Waals surface area contributed by atoms with E-state index in [1.54, 1.807) is 0 Å². The fourth-order valence-corrected chi connectivity index (χ4v) is 6.93. The maximum absolute atomic E-state index is 2.40. The Bertz CT molecular complexity index is 2070. The Morgan fingerprint density at radius 3 is 1.66 bits per heavy atom. The first kappa shape index (κ1) is 24.0. The molecule has 0 atom stereocenters. The Morgan fingerprint density at radius 2 is 1.02 bits per heavy atom. The van der Waals surface area contributed by atoms with E-state index in [9.17, 15) is 0 Å². The van der Waals surface area contributed by atoms with E-state index in [1.165, 1.54) is 71.6 Å². The second kappa shape index (κ2) is 9.08. The first-order chi connectivity index (χ1) is 20.1. The van der Waals surface area contributed by atoms with E-state index >= 15 is 0 Å². The van der Waals surface area contributed by atoms with Crippen molar-refractivity contribution in [2.45, 2.75) is 20.3 Å². The van der Waals surface area contributed by atoms with E-state index in [1.807, 2.05) is 0 Å². The van der Waals surface area contributed by atoms with Crippen LogP contribution in [0.15, 0.2) is 133 Å². The molecule has 8 rings (SSSR count). The highest BCUT2D eigenvalue weighted by Crippen LogP contribution is 2.47. The lowest BCUT2D eigenvalue weighted by molar-refractivity contribution is 0.476. The van der Waals surface area contributed by atoms with Gasteiger partial charge in [0.05, 0.1) is 11.0 Å². The molecular weight excluding hydrogens is 494 g/mol. The Labute approximate surface area is 241 Å². The van der Waals surface area contributed by atoms with Crippen LogP contribution in [0.1, 0.15) is 25.0 Å². The lowest BCUT2D eigenvalue weighted by Gasteiger charge is -2.31. The van der Waals surface area contributed by atoms with Crippen LogP contribution in [0.3, 0.4) is 0 Å². The summed E-state index contributed by atoms with van der Waals surface area (Å²) < 4.78 is 2.40. The number of allylic oxidation sites excluding steroid dienone is 1. The fraction of sp³-hybridized carbons (Fsp3) is 0.100. The van der Waals surface area contributed by atoms with E-state index in [4.69, 9.17) is 0 Å². The average molecular weight is 526 g/mol. The SMILES string of the molecule is CC1(C)C=Cc2c(c(-c3ccc(-n4c5ccccc5c5ccccc54)cc3)c3ccccc3c2-c2ccccc2)C1. The zero-order valence-corrected chi connectivity index (χ0v) is 23.4. The van der Waals surface area contributed by atoms with Crippen molar-refractivity contribution in [3.05, 3.63) is 145 Å². The van der Waals surface area contributed by atoms with E-state index < -0.39 is 0 Å². The summed E-state index contributed by atoms with van der Waals surface area (Å²) in [5.74, 6) is 0. The number of hydrogen-bond acceptors (Lipinski definition) is 0.